The Hall–Kier alpha value is -3.17. The maximum Gasteiger partial charge on any atom is 0.254 e. The minimum absolute atomic E-state index is 0.0737. The maximum atomic E-state index is 14.1. The number of rotatable bonds is 5. The molecule has 0 radical (unpaired) electrons. The number of pyridine rings is 1. The summed E-state index contributed by atoms with van der Waals surface area (Å²) in [6, 6.07) is 2.54. The van der Waals surface area contributed by atoms with Gasteiger partial charge in [-0.25, -0.2) is 0 Å². The number of aryl methyl sites for hydroxylation is 2. The third kappa shape index (κ3) is 4.43. The topological polar surface area (TPSA) is 87.8 Å². The molecule has 1 N–H and O–H groups in total. The van der Waals surface area contributed by atoms with Crippen LogP contribution in [0.2, 0.25) is 0 Å². The molecule has 1 saturated carbocycles. The fraction of sp³-hybridized carbons (Fsp3) is 0.516. The zero-order valence-electron chi connectivity index (χ0n) is 24.2. The Balaban J connectivity index is 1.38. The lowest BCUT2D eigenvalue weighted by Crippen LogP contribution is -2.46. The fourth-order valence-electron chi connectivity index (χ4n) is 6.88. The van der Waals surface area contributed by atoms with Crippen LogP contribution in [-0.2, 0) is 13.0 Å². The van der Waals surface area contributed by atoms with Crippen molar-refractivity contribution >= 4 is 17.2 Å². The second kappa shape index (κ2) is 10.0. The Morgan fingerprint density at radius 2 is 1.82 bits per heavy atom. The van der Waals surface area contributed by atoms with Gasteiger partial charge in [0.2, 0.25) is 0 Å². The van der Waals surface area contributed by atoms with E-state index in [2.05, 4.69) is 35.9 Å². The molecule has 2 aromatic heterocycles. The summed E-state index contributed by atoms with van der Waals surface area (Å²) in [5, 5.41) is 0. The van der Waals surface area contributed by atoms with Crippen molar-refractivity contribution in [3.63, 3.8) is 0 Å². The van der Waals surface area contributed by atoms with Crippen molar-refractivity contribution in [3.05, 3.63) is 61.6 Å². The molecule has 1 aliphatic carbocycles. The number of benzene rings is 1. The van der Waals surface area contributed by atoms with Gasteiger partial charge < -0.3 is 24.3 Å². The second-order valence-electron chi connectivity index (χ2n) is 12.0. The first-order valence-corrected chi connectivity index (χ1v) is 15.1. The van der Waals surface area contributed by atoms with Gasteiger partial charge in [-0.05, 0) is 84.2 Å². The van der Waals surface area contributed by atoms with E-state index in [1.165, 1.54) is 0 Å². The number of aromatic nitrogens is 2. The predicted octanol–water partition coefficient (Wildman–Crippen LogP) is 5.23. The number of fused-ring (bicyclic) bond motifs is 2. The number of nitrogens with zero attached hydrogens (tertiary/aromatic N) is 3. The SMILES string of the molecule is Cc1cc(C)c(CN2CCc3c(c(C)c4c(c3-c3cncs3)O[C@](C)(C3CCC(N(C)C)CC3)O4)C2=O)c(=O)[nH]1. The Morgan fingerprint density at radius 1 is 1.10 bits per heavy atom. The van der Waals surface area contributed by atoms with Gasteiger partial charge in [0.05, 0.1) is 22.5 Å². The lowest BCUT2D eigenvalue weighted by molar-refractivity contribution is -0.123. The molecule has 9 heteroatoms. The van der Waals surface area contributed by atoms with Crippen molar-refractivity contribution in [1.29, 1.82) is 0 Å². The molecule has 6 rings (SSSR count). The molecule has 4 heterocycles. The second-order valence-corrected chi connectivity index (χ2v) is 12.9. The van der Waals surface area contributed by atoms with Crippen LogP contribution in [0.3, 0.4) is 0 Å². The van der Waals surface area contributed by atoms with Crippen LogP contribution in [0, 0.1) is 26.7 Å². The average molecular weight is 563 g/mol. The molecule has 3 aromatic rings. The molecular weight excluding hydrogens is 524 g/mol. The summed E-state index contributed by atoms with van der Waals surface area (Å²) < 4.78 is 13.5. The number of ether oxygens (including phenoxy) is 2. The summed E-state index contributed by atoms with van der Waals surface area (Å²) in [6.45, 7) is 8.62. The highest BCUT2D eigenvalue weighted by atomic mass is 32.1. The summed E-state index contributed by atoms with van der Waals surface area (Å²) >= 11 is 1.55. The molecule has 1 amide bonds. The molecule has 40 heavy (non-hydrogen) atoms. The van der Waals surface area contributed by atoms with Crippen LogP contribution < -0.4 is 15.0 Å². The zero-order valence-corrected chi connectivity index (χ0v) is 25.0. The minimum atomic E-state index is -0.789. The van der Waals surface area contributed by atoms with Gasteiger partial charge in [-0.15, -0.1) is 11.3 Å². The van der Waals surface area contributed by atoms with Gasteiger partial charge in [-0.3, -0.25) is 14.6 Å². The Morgan fingerprint density at radius 3 is 2.48 bits per heavy atom. The average Bonchev–Trinajstić information content (AvgIpc) is 3.56. The van der Waals surface area contributed by atoms with E-state index < -0.39 is 5.79 Å². The molecule has 8 nitrogen and oxygen atoms in total. The highest BCUT2D eigenvalue weighted by Crippen LogP contribution is 2.55. The monoisotopic (exact) mass is 562 g/mol. The highest BCUT2D eigenvalue weighted by Gasteiger charge is 2.49. The van der Waals surface area contributed by atoms with Gasteiger partial charge in [-0.2, -0.15) is 0 Å². The van der Waals surface area contributed by atoms with Crippen molar-refractivity contribution in [2.24, 2.45) is 5.92 Å². The third-order valence-corrected chi connectivity index (χ3v) is 9.98. The number of hydrogen-bond donors (Lipinski definition) is 1. The maximum absolute atomic E-state index is 14.1. The summed E-state index contributed by atoms with van der Waals surface area (Å²) in [7, 11) is 4.30. The van der Waals surface area contributed by atoms with Crippen LogP contribution >= 0.6 is 11.3 Å². The van der Waals surface area contributed by atoms with Crippen LogP contribution in [0.4, 0.5) is 0 Å². The van der Waals surface area contributed by atoms with E-state index in [0.29, 0.717) is 35.9 Å². The van der Waals surface area contributed by atoms with Crippen molar-refractivity contribution < 1.29 is 14.3 Å². The van der Waals surface area contributed by atoms with E-state index in [4.69, 9.17) is 9.47 Å². The quantitative estimate of drug-likeness (QED) is 0.458. The van der Waals surface area contributed by atoms with E-state index in [1.54, 1.807) is 16.2 Å². The molecule has 3 aliphatic rings. The van der Waals surface area contributed by atoms with E-state index in [-0.39, 0.29) is 23.9 Å². The number of thiazole rings is 1. The molecular formula is C31H38N4O4S. The van der Waals surface area contributed by atoms with Gasteiger partial charge in [0.15, 0.2) is 11.5 Å². The van der Waals surface area contributed by atoms with Crippen LogP contribution in [-0.4, -0.2) is 58.1 Å². The molecule has 1 aromatic carbocycles. The normalized spacial score (nSPS) is 24.1. The van der Waals surface area contributed by atoms with Crippen LogP contribution in [0.5, 0.6) is 11.5 Å². The summed E-state index contributed by atoms with van der Waals surface area (Å²) in [5.74, 6) is 0.799. The zero-order chi connectivity index (χ0) is 28.3. The summed E-state index contributed by atoms with van der Waals surface area (Å²) in [5.41, 5.74) is 7.42. The van der Waals surface area contributed by atoms with Crippen molar-refractivity contribution in [1.82, 2.24) is 19.8 Å². The van der Waals surface area contributed by atoms with Gasteiger partial charge in [0.25, 0.3) is 17.3 Å². The largest absolute Gasteiger partial charge is 0.448 e. The van der Waals surface area contributed by atoms with E-state index in [1.807, 2.05) is 38.5 Å². The number of carbonyl (C=O) groups excluding carboxylic acids is 1. The third-order valence-electron chi connectivity index (χ3n) is 9.18. The number of nitrogens with one attached hydrogen (secondary N) is 1. The van der Waals surface area contributed by atoms with E-state index >= 15 is 0 Å². The molecule has 1 fully saturated rings. The van der Waals surface area contributed by atoms with Crippen LogP contribution in [0.15, 0.2) is 22.6 Å². The number of hydrogen-bond acceptors (Lipinski definition) is 7. The molecule has 0 unspecified atom stereocenters. The van der Waals surface area contributed by atoms with E-state index in [0.717, 1.165) is 64.3 Å². The van der Waals surface area contributed by atoms with Gasteiger partial charge in [-0.1, -0.05) is 0 Å². The standard InChI is InChI=1S/C31H38N4O4S/c1-17-13-18(2)33-29(36)23(17)15-35-12-11-22-25(30(35)37)19(3)27-28(26(22)24-14-32-16-40-24)39-31(4,38-27)20-7-9-21(10-8-20)34(5)6/h13-14,16,20-21H,7-12,15H2,1-6H3,(H,33,36)/t20?,21?,31-/m1/s1. The number of H-pyrrole nitrogens is 1. The molecule has 0 bridgehead atoms. The lowest BCUT2D eigenvalue weighted by Gasteiger charge is -2.39. The molecule has 2 aliphatic heterocycles. The smallest absolute Gasteiger partial charge is 0.254 e. The van der Waals surface area contributed by atoms with Gasteiger partial charge in [0, 0.05) is 54.0 Å². The Kier molecular flexibility index (Phi) is 6.78. The van der Waals surface area contributed by atoms with E-state index in [9.17, 15) is 9.59 Å². The van der Waals surface area contributed by atoms with Crippen molar-refractivity contribution in [3.8, 4) is 21.9 Å². The molecule has 0 saturated heterocycles. The first-order chi connectivity index (χ1) is 19.1. The van der Waals surface area contributed by atoms with Gasteiger partial charge in [0.1, 0.15) is 0 Å². The summed E-state index contributed by atoms with van der Waals surface area (Å²) in [6.07, 6.45) is 6.79. The van der Waals surface area contributed by atoms with Crippen LogP contribution in [0.25, 0.3) is 10.4 Å². The molecule has 0 spiro atoms. The van der Waals surface area contributed by atoms with Crippen molar-refractivity contribution in [2.45, 2.75) is 78.2 Å². The Bertz CT molecular complexity index is 1520. The number of carbonyl (C=O) groups is 1. The molecule has 1 atom stereocenters. The highest BCUT2D eigenvalue weighted by molar-refractivity contribution is 7.13. The lowest BCUT2D eigenvalue weighted by atomic mass is 9.81. The summed E-state index contributed by atoms with van der Waals surface area (Å²) in [4.78, 5) is 39.2. The predicted molar refractivity (Wildman–Crippen MR) is 156 cm³/mol. The van der Waals surface area contributed by atoms with Crippen LogP contribution in [0.1, 0.15) is 70.9 Å². The van der Waals surface area contributed by atoms with Crippen molar-refractivity contribution in [2.75, 3.05) is 20.6 Å². The minimum Gasteiger partial charge on any atom is -0.448 e. The first kappa shape index (κ1) is 27.0. The number of aromatic amines is 1. The Labute approximate surface area is 239 Å². The van der Waals surface area contributed by atoms with Gasteiger partial charge >= 0.3 is 0 Å². The fourth-order valence-corrected chi connectivity index (χ4v) is 7.57. The molecule has 212 valence electrons. The number of amides is 1. The first-order valence-electron chi connectivity index (χ1n) is 14.2.